The Balaban J connectivity index is 0.000000467. The summed E-state index contributed by atoms with van der Waals surface area (Å²) in [6.45, 7) is 6.29. The summed E-state index contributed by atoms with van der Waals surface area (Å²) in [6, 6.07) is 7.83. The van der Waals surface area contributed by atoms with Crippen molar-refractivity contribution in [3.63, 3.8) is 0 Å². The van der Waals surface area contributed by atoms with E-state index in [0.717, 1.165) is 44.7 Å². The molecule has 2 aromatic rings. The van der Waals surface area contributed by atoms with Crippen LogP contribution in [0.5, 0.6) is 0 Å². The molecule has 0 bridgehead atoms. The molecule has 3 N–H and O–H groups in total. The van der Waals surface area contributed by atoms with Crippen molar-refractivity contribution < 1.29 is 78.7 Å². The zero-order chi connectivity index (χ0) is 37.6. The standard InChI is InChI=1S/C21H27N5O2.3C2HF3O2/c1-2-28-19(27)21-8-5-12-25(15-18-7-3-4-9-22-18)13-17(21)14-26(16-21)20-23-10-6-11-24-20;3*3-2(4,5)1(6)7/h3-4,6-7,9-11,17H,2,5,8,12-16H2,1H3;3*(H,6,7)/t17-,21-;;;/m0.../s1. The second-order valence-corrected chi connectivity index (χ2v) is 10.1. The van der Waals surface area contributed by atoms with E-state index in [4.69, 9.17) is 34.4 Å². The number of alkyl halides is 9. The highest BCUT2D eigenvalue weighted by Crippen LogP contribution is 2.44. The van der Waals surface area contributed by atoms with Crippen LogP contribution in [0, 0.1) is 11.3 Å². The van der Waals surface area contributed by atoms with Gasteiger partial charge in [-0.25, -0.2) is 24.4 Å². The van der Waals surface area contributed by atoms with Gasteiger partial charge in [0.1, 0.15) is 0 Å². The smallest absolute Gasteiger partial charge is 0.475 e. The zero-order valence-electron chi connectivity index (χ0n) is 25.3. The number of nitrogens with zero attached hydrogens (tertiary/aromatic N) is 5. The van der Waals surface area contributed by atoms with Gasteiger partial charge in [0.15, 0.2) is 0 Å². The molecule has 49 heavy (non-hydrogen) atoms. The second kappa shape index (κ2) is 18.1. The number of halogens is 9. The molecule has 4 heterocycles. The summed E-state index contributed by atoms with van der Waals surface area (Å²) in [5, 5.41) is 21.4. The molecular weight excluding hydrogens is 693 g/mol. The van der Waals surface area contributed by atoms with E-state index in [1.807, 2.05) is 31.3 Å². The summed E-state index contributed by atoms with van der Waals surface area (Å²) in [6.07, 6.45) is -8.12. The Kier molecular flexibility index (Phi) is 15.6. The van der Waals surface area contributed by atoms with Crippen molar-refractivity contribution in [2.75, 3.05) is 37.7 Å². The number of hydrogen-bond donors (Lipinski definition) is 3. The molecule has 22 heteroatoms. The SMILES string of the molecule is CCOC(=O)[C@]12CCCN(Cc3ccccn3)C[C@H]1CN(c1ncccn1)C2.O=C(O)C(F)(F)F.O=C(O)C(F)(F)F.O=C(O)C(F)(F)F. The van der Waals surface area contributed by atoms with E-state index < -0.39 is 41.9 Å². The molecule has 2 saturated heterocycles. The van der Waals surface area contributed by atoms with E-state index in [1.165, 1.54) is 0 Å². The minimum atomic E-state index is -5.08. The Bertz CT molecular complexity index is 1310. The predicted octanol–water partition coefficient (Wildman–Crippen LogP) is 4.05. The molecule has 0 saturated carbocycles. The predicted molar refractivity (Wildman–Crippen MR) is 147 cm³/mol. The average molecular weight is 724 g/mol. The molecule has 0 spiro atoms. The maximum Gasteiger partial charge on any atom is 0.490 e. The van der Waals surface area contributed by atoms with E-state index in [1.54, 1.807) is 12.4 Å². The van der Waals surface area contributed by atoms with Crippen molar-refractivity contribution >= 4 is 29.8 Å². The largest absolute Gasteiger partial charge is 0.490 e. The van der Waals surface area contributed by atoms with Gasteiger partial charge in [-0.15, -0.1) is 0 Å². The number of rotatable bonds is 5. The molecule has 2 fully saturated rings. The number of fused-ring (bicyclic) bond motifs is 1. The van der Waals surface area contributed by atoms with Crippen LogP contribution < -0.4 is 4.90 Å². The summed E-state index contributed by atoms with van der Waals surface area (Å²) < 4.78 is 101. The third kappa shape index (κ3) is 14.1. The van der Waals surface area contributed by atoms with Gasteiger partial charge in [-0.3, -0.25) is 14.7 Å². The number of carboxylic acid groups (broad SMARTS) is 3. The van der Waals surface area contributed by atoms with Gasteiger partial charge in [0.05, 0.1) is 17.7 Å². The van der Waals surface area contributed by atoms with Crippen LogP contribution in [0.1, 0.15) is 25.5 Å². The van der Waals surface area contributed by atoms with Crippen LogP contribution in [0.25, 0.3) is 0 Å². The Labute approximate surface area is 271 Å². The number of carbonyl (C=O) groups excluding carboxylic acids is 1. The van der Waals surface area contributed by atoms with Crippen molar-refractivity contribution in [2.24, 2.45) is 11.3 Å². The van der Waals surface area contributed by atoms with Crippen molar-refractivity contribution in [1.82, 2.24) is 19.9 Å². The Morgan fingerprint density at radius 2 is 1.31 bits per heavy atom. The van der Waals surface area contributed by atoms with Gasteiger partial charge in [-0.05, 0) is 44.5 Å². The first-order valence-electron chi connectivity index (χ1n) is 13.8. The summed E-state index contributed by atoms with van der Waals surface area (Å²) in [5.41, 5.74) is 0.570. The van der Waals surface area contributed by atoms with E-state index in [0.29, 0.717) is 19.1 Å². The lowest BCUT2D eigenvalue weighted by atomic mass is 9.75. The summed E-state index contributed by atoms with van der Waals surface area (Å²) in [7, 11) is 0. The molecule has 0 amide bonds. The minimum Gasteiger partial charge on any atom is -0.475 e. The quantitative estimate of drug-likeness (QED) is 0.297. The maximum atomic E-state index is 13.1. The first-order chi connectivity index (χ1) is 22.5. The van der Waals surface area contributed by atoms with Gasteiger partial charge < -0.3 is 25.0 Å². The van der Waals surface area contributed by atoms with Gasteiger partial charge in [0.25, 0.3) is 0 Å². The lowest BCUT2D eigenvalue weighted by Crippen LogP contribution is -2.42. The Morgan fingerprint density at radius 1 is 0.816 bits per heavy atom. The molecule has 2 aliphatic heterocycles. The number of aromatic nitrogens is 3. The van der Waals surface area contributed by atoms with Crippen LogP contribution in [0.15, 0.2) is 42.9 Å². The van der Waals surface area contributed by atoms with E-state index in [-0.39, 0.29) is 11.9 Å². The lowest BCUT2D eigenvalue weighted by molar-refractivity contribution is -0.193. The molecule has 0 radical (unpaired) electrons. The third-order valence-corrected chi connectivity index (χ3v) is 6.63. The Morgan fingerprint density at radius 3 is 1.73 bits per heavy atom. The van der Waals surface area contributed by atoms with Gasteiger partial charge in [0.2, 0.25) is 5.95 Å². The van der Waals surface area contributed by atoms with Crippen molar-refractivity contribution in [2.45, 2.75) is 44.8 Å². The number of carbonyl (C=O) groups is 4. The van der Waals surface area contributed by atoms with Crippen LogP contribution >= 0.6 is 0 Å². The number of likely N-dealkylation sites (tertiary alicyclic amines) is 1. The minimum absolute atomic E-state index is 0.0712. The van der Waals surface area contributed by atoms with Gasteiger partial charge >= 0.3 is 42.4 Å². The number of aliphatic carboxylic acids is 3. The second-order valence-electron chi connectivity index (χ2n) is 10.1. The zero-order valence-corrected chi connectivity index (χ0v) is 25.3. The molecule has 2 aliphatic rings. The van der Waals surface area contributed by atoms with Crippen molar-refractivity contribution in [3.05, 3.63) is 48.5 Å². The van der Waals surface area contributed by atoms with Crippen LogP contribution in [0.4, 0.5) is 45.5 Å². The maximum absolute atomic E-state index is 13.1. The molecule has 0 aliphatic carbocycles. The molecular formula is C27H30F9N5O8. The van der Waals surface area contributed by atoms with Crippen LogP contribution in [0.2, 0.25) is 0 Å². The number of pyridine rings is 1. The molecule has 2 atom stereocenters. The normalized spacial score (nSPS) is 19.2. The van der Waals surface area contributed by atoms with Crippen molar-refractivity contribution in [3.8, 4) is 0 Å². The highest BCUT2D eigenvalue weighted by atomic mass is 19.4. The summed E-state index contributed by atoms with van der Waals surface area (Å²) >= 11 is 0. The summed E-state index contributed by atoms with van der Waals surface area (Å²) in [4.78, 5) is 57.6. The fourth-order valence-electron chi connectivity index (χ4n) is 4.59. The molecule has 4 rings (SSSR count). The highest BCUT2D eigenvalue weighted by Gasteiger charge is 2.54. The van der Waals surface area contributed by atoms with Crippen molar-refractivity contribution in [1.29, 1.82) is 0 Å². The van der Waals surface area contributed by atoms with Crippen LogP contribution in [0.3, 0.4) is 0 Å². The number of esters is 1. The number of ether oxygens (including phenoxy) is 1. The van der Waals surface area contributed by atoms with E-state index >= 15 is 0 Å². The fourth-order valence-corrected chi connectivity index (χ4v) is 4.59. The molecule has 0 aromatic carbocycles. The third-order valence-electron chi connectivity index (χ3n) is 6.63. The van der Waals surface area contributed by atoms with E-state index in [9.17, 15) is 44.3 Å². The van der Waals surface area contributed by atoms with Crippen LogP contribution in [-0.2, 0) is 30.5 Å². The number of hydrogen-bond acceptors (Lipinski definition) is 10. The molecule has 2 aromatic heterocycles. The van der Waals surface area contributed by atoms with Crippen LogP contribution in [-0.4, -0.2) is 110 Å². The van der Waals surface area contributed by atoms with Gasteiger partial charge in [0, 0.05) is 50.7 Å². The number of anilines is 1. The van der Waals surface area contributed by atoms with Gasteiger partial charge in [-0.1, -0.05) is 6.07 Å². The van der Waals surface area contributed by atoms with Gasteiger partial charge in [-0.2, -0.15) is 39.5 Å². The first kappa shape index (κ1) is 42.3. The average Bonchev–Trinajstić information content (AvgIpc) is 3.28. The topological polar surface area (TPSA) is 183 Å². The molecule has 13 nitrogen and oxygen atoms in total. The summed E-state index contributed by atoms with van der Waals surface area (Å²) in [5.74, 6) is -7.47. The monoisotopic (exact) mass is 723 g/mol. The number of carboxylic acids is 3. The lowest BCUT2D eigenvalue weighted by Gasteiger charge is -2.31. The first-order valence-corrected chi connectivity index (χ1v) is 13.8. The fraction of sp³-hybridized carbons (Fsp3) is 0.519. The molecule has 0 unspecified atom stereocenters. The Hall–Kier alpha value is -4.76. The molecule has 274 valence electrons. The highest BCUT2D eigenvalue weighted by molar-refractivity contribution is 5.79. The van der Waals surface area contributed by atoms with E-state index in [2.05, 4.69) is 30.8 Å².